The van der Waals surface area contributed by atoms with Gasteiger partial charge in [-0.3, -0.25) is 0 Å². The molecule has 15 heavy (non-hydrogen) atoms. The van der Waals surface area contributed by atoms with Gasteiger partial charge in [0.1, 0.15) is 5.75 Å². The maximum Gasteiger partial charge on any atom is 0.122 e. The summed E-state index contributed by atoms with van der Waals surface area (Å²) in [5.41, 5.74) is 9.58. The van der Waals surface area contributed by atoms with Crippen molar-refractivity contribution in [2.75, 3.05) is 13.7 Å². The second kappa shape index (κ2) is 5.17. The highest BCUT2D eigenvalue weighted by Crippen LogP contribution is 2.32. The average Bonchev–Trinajstić information content (AvgIpc) is 2.21. The topological polar surface area (TPSA) is 35.2 Å². The van der Waals surface area contributed by atoms with Crippen molar-refractivity contribution in [2.45, 2.75) is 33.1 Å². The summed E-state index contributed by atoms with van der Waals surface area (Å²) >= 11 is 0. The number of rotatable bonds is 4. The molecule has 0 aliphatic rings. The number of hydrogen-bond acceptors (Lipinski definition) is 2. The van der Waals surface area contributed by atoms with Gasteiger partial charge in [0, 0.05) is 5.56 Å². The van der Waals surface area contributed by atoms with Crippen LogP contribution in [-0.4, -0.2) is 13.7 Å². The van der Waals surface area contributed by atoms with Crippen LogP contribution < -0.4 is 10.5 Å². The first-order chi connectivity index (χ1) is 7.13. The Kier molecular flexibility index (Phi) is 4.15. The van der Waals surface area contributed by atoms with E-state index in [1.54, 1.807) is 7.11 Å². The standard InChI is InChI=1S/C13H21NO/c1-5-11(8-14)13-10(3)6-9(2)7-12(13)15-4/h6-7,11H,5,8,14H2,1-4H3. The van der Waals surface area contributed by atoms with E-state index in [-0.39, 0.29) is 0 Å². The molecule has 0 saturated carbocycles. The van der Waals surface area contributed by atoms with Gasteiger partial charge >= 0.3 is 0 Å². The normalized spacial score (nSPS) is 12.6. The van der Waals surface area contributed by atoms with Crippen molar-refractivity contribution >= 4 is 0 Å². The summed E-state index contributed by atoms with van der Waals surface area (Å²) < 4.78 is 5.44. The Bertz CT molecular complexity index is 330. The molecular formula is C13H21NO. The van der Waals surface area contributed by atoms with Crippen molar-refractivity contribution in [3.8, 4) is 5.75 Å². The molecule has 0 amide bonds. The van der Waals surface area contributed by atoms with E-state index in [9.17, 15) is 0 Å². The highest BCUT2D eigenvalue weighted by atomic mass is 16.5. The van der Waals surface area contributed by atoms with Crippen LogP contribution in [0.1, 0.15) is 36.0 Å². The molecule has 0 aromatic heterocycles. The molecule has 2 nitrogen and oxygen atoms in total. The van der Waals surface area contributed by atoms with Gasteiger partial charge in [0.25, 0.3) is 0 Å². The zero-order valence-corrected chi connectivity index (χ0v) is 10.1. The predicted octanol–water partition coefficient (Wildman–Crippen LogP) is 2.76. The predicted molar refractivity (Wildman–Crippen MR) is 64.6 cm³/mol. The molecule has 0 aliphatic heterocycles. The van der Waals surface area contributed by atoms with Crippen LogP contribution in [0.5, 0.6) is 5.75 Å². The van der Waals surface area contributed by atoms with Gasteiger partial charge in [-0.2, -0.15) is 0 Å². The molecule has 2 N–H and O–H groups in total. The molecule has 0 bridgehead atoms. The van der Waals surface area contributed by atoms with Gasteiger partial charge in [0.05, 0.1) is 7.11 Å². The summed E-state index contributed by atoms with van der Waals surface area (Å²) in [6.07, 6.45) is 1.05. The highest BCUT2D eigenvalue weighted by molar-refractivity contribution is 5.45. The minimum Gasteiger partial charge on any atom is -0.496 e. The van der Waals surface area contributed by atoms with Gasteiger partial charge < -0.3 is 10.5 Å². The monoisotopic (exact) mass is 207 g/mol. The van der Waals surface area contributed by atoms with Gasteiger partial charge in [0.15, 0.2) is 0 Å². The fraction of sp³-hybridized carbons (Fsp3) is 0.538. The average molecular weight is 207 g/mol. The summed E-state index contributed by atoms with van der Waals surface area (Å²) in [5, 5.41) is 0. The lowest BCUT2D eigenvalue weighted by Crippen LogP contribution is -2.14. The fourth-order valence-electron chi connectivity index (χ4n) is 2.12. The first kappa shape index (κ1) is 12.1. The third kappa shape index (κ3) is 2.51. The molecule has 1 unspecified atom stereocenters. The number of hydrogen-bond donors (Lipinski definition) is 1. The lowest BCUT2D eigenvalue weighted by Gasteiger charge is -2.19. The van der Waals surface area contributed by atoms with Crippen LogP contribution in [0, 0.1) is 13.8 Å². The molecule has 1 atom stereocenters. The third-order valence-electron chi connectivity index (χ3n) is 2.90. The number of benzene rings is 1. The Balaban J connectivity index is 3.24. The Morgan fingerprint density at radius 1 is 1.33 bits per heavy atom. The van der Waals surface area contributed by atoms with Crippen LogP contribution in [0.25, 0.3) is 0 Å². The van der Waals surface area contributed by atoms with E-state index in [2.05, 4.69) is 32.9 Å². The number of nitrogens with two attached hydrogens (primary N) is 1. The van der Waals surface area contributed by atoms with Gasteiger partial charge in [-0.15, -0.1) is 0 Å². The van der Waals surface area contributed by atoms with Crippen molar-refractivity contribution in [1.29, 1.82) is 0 Å². The maximum atomic E-state index is 5.79. The van der Waals surface area contributed by atoms with Crippen molar-refractivity contribution in [3.05, 3.63) is 28.8 Å². The van der Waals surface area contributed by atoms with Gasteiger partial charge in [-0.05, 0) is 49.9 Å². The minimum absolute atomic E-state index is 0.403. The molecule has 0 radical (unpaired) electrons. The molecule has 2 heteroatoms. The van der Waals surface area contributed by atoms with E-state index in [0.717, 1.165) is 12.2 Å². The Hall–Kier alpha value is -1.02. The Morgan fingerprint density at radius 2 is 2.00 bits per heavy atom. The minimum atomic E-state index is 0.403. The Labute approximate surface area is 92.4 Å². The van der Waals surface area contributed by atoms with Crippen LogP contribution in [0.15, 0.2) is 12.1 Å². The second-order valence-corrected chi connectivity index (χ2v) is 4.04. The van der Waals surface area contributed by atoms with Gasteiger partial charge in [0.2, 0.25) is 0 Å². The zero-order valence-electron chi connectivity index (χ0n) is 10.1. The van der Waals surface area contributed by atoms with E-state index in [0.29, 0.717) is 12.5 Å². The summed E-state index contributed by atoms with van der Waals surface area (Å²) in [6, 6.07) is 4.27. The number of aryl methyl sites for hydroxylation is 2. The van der Waals surface area contributed by atoms with E-state index in [1.807, 2.05) is 0 Å². The lowest BCUT2D eigenvalue weighted by atomic mass is 9.90. The first-order valence-corrected chi connectivity index (χ1v) is 5.49. The lowest BCUT2D eigenvalue weighted by molar-refractivity contribution is 0.404. The molecule has 0 fully saturated rings. The smallest absolute Gasteiger partial charge is 0.122 e. The van der Waals surface area contributed by atoms with E-state index < -0.39 is 0 Å². The van der Waals surface area contributed by atoms with Crippen molar-refractivity contribution < 1.29 is 4.74 Å². The SMILES string of the molecule is CCC(CN)c1c(C)cc(C)cc1OC. The second-order valence-electron chi connectivity index (χ2n) is 4.04. The van der Waals surface area contributed by atoms with Gasteiger partial charge in [-0.1, -0.05) is 13.0 Å². The van der Waals surface area contributed by atoms with Crippen LogP contribution in [-0.2, 0) is 0 Å². The number of methoxy groups -OCH3 is 1. The third-order valence-corrected chi connectivity index (χ3v) is 2.90. The quantitative estimate of drug-likeness (QED) is 0.824. The Morgan fingerprint density at radius 3 is 2.47 bits per heavy atom. The molecule has 0 saturated heterocycles. The highest BCUT2D eigenvalue weighted by Gasteiger charge is 2.15. The molecule has 1 aromatic carbocycles. The summed E-state index contributed by atoms with van der Waals surface area (Å²) in [7, 11) is 1.72. The zero-order chi connectivity index (χ0) is 11.4. The van der Waals surface area contributed by atoms with Crippen molar-refractivity contribution in [1.82, 2.24) is 0 Å². The molecule has 0 heterocycles. The van der Waals surface area contributed by atoms with Gasteiger partial charge in [-0.25, -0.2) is 0 Å². The summed E-state index contributed by atoms with van der Waals surface area (Å²) in [4.78, 5) is 0. The van der Waals surface area contributed by atoms with E-state index in [4.69, 9.17) is 10.5 Å². The molecule has 1 rings (SSSR count). The fourth-order valence-corrected chi connectivity index (χ4v) is 2.12. The molecular weight excluding hydrogens is 186 g/mol. The molecule has 1 aromatic rings. The molecule has 0 spiro atoms. The van der Waals surface area contributed by atoms with Crippen molar-refractivity contribution in [2.24, 2.45) is 5.73 Å². The van der Waals surface area contributed by atoms with Crippen molar-refractivity contribution in [3.63, 3.8) is 0 Å². The first-order valence-electron chi connectivity index (χ1n) is 5.49. The summed E-state index contributed by atoms with van der Waals surface area (Å²) in [5.74, 6) is 1.38. The summed E-state index contributed by atoms with van der Waals surface area (Å²) in [6.45, 7) is 7.05. The van der Waals surface area contributed by atoms with E-state index >= 15 is 0 Å². The molecule has 84 valence electrons. The van der Waals surface area contributed by atoms with Crippen LogP contribution >= 0.6 is 0 Å². The number of ether oxygens (including phenoxy) is 1. The van der Waals surface area contributed by atoms with Crippen LogP contribution in [0.4, 0.5) is 0 Å². The largest absolute Gasteiger partial charge is 0.496 e. The maximum absolute atomic E-state index is 5.79. The molecule has 0 aliphatic carbocycles. The van der Waals surface area contributed by atoms with E-state index in [1.165, 1.54) is 16.7 Å². The van der Waals surface area contributed by atoms with Crippen LogP contribution in [0.2, 0.25) is 0 Å². The van der Waals surface area contributed by atoms with Crippen LogP contribution in [0.3, 0.4) is 0 Å².